The van der Waals surface area contributed by atoms with Gasteiger partial charge in [-0.05, 0) is 19.4 Å². The van der Waals surface area contributed by atoms with Gasteiger partial charge in [-0.25, -0.2) is 0 Å². The van der Waals surface area contributed by atoms with Gasteiger partial charge < -0.3 is 14.2 Å². The molecule has 0 unspecified atom stereocenters. The summed E-state index contributed by atoms with van der Waals surface area (Å²) < 4.78 is 10.1. The molecule has 0 saturated heterocycles. The molecule has 0 spiro atoms. The number of nitrogens with one attached hydrogen (secondary N) is 1. The minimum atomic E-state index is -0.160. The van der Waals surface area contributed by atoms with Crippen molar-refractivity contribution in [3.8, 4) is 0 Å². The van der Waals surface area contributed by atoms with Crippen LogP contribution < -0.4 is 0 Å². The van der Waals surface area contributed by atoms with Crippen molar-refractivity contribution in [3.05, 3.63) is 29.2 Å². The lowest BCUT2D eigenvalue weighted by Gasteiger charge is -2.17. The maximum atomic E-state index is 12.5. The average molecular weight is 307 g/mol. The van der Waals surface area contributed by atoms with Crippen LogP contribution in [0.2, 0.25) is 0 Å². The summed E-state index contributed by atoms with van der Waals surface area (Å²) in [7, 11) is 1.56. The van der Waals surface area contributed by atoms with Crippen molar-refractivity contribution in [2.45, 2.75) is 39.8 Å². The molecule has 2 rings (SSSR count). The summed E-state index contributed by atoms with van der Waals surface area (Å²) >= 11 is 0. The van der Waals surface area contributed by atoms with Gasteiger partial charge in [0.25, 0.3) is 5.91 Å². The zero-order valence-electron chi connectivity index (χ0n) is 13.1. The van der Waals surface area contributed by atoms with Gasteiger partial charge in [-0.15, -0.1) is 0 Å². The largest absolute Gasteiger partial charge is 0.377 e. The lowest BCUT2D eigenvalue weighted by molar-refractivity contribution is 0.0728. The molecule has 0 atom stereocenters. The van der Waals surface area contributed by atoms with E-state index in [9.17, 15) is 4.79 Å². The van der Waals surface area contributed by atoms with Gasteiger partial charge in [0.15, 0.2) is 5.82 Å². The van der Waals surface area contributed by atoms with E-state index in [2.05, 4.69) is 27.3 Å². The Kier molecular flexibility index (Phi) is 5.65. The predicted octanol–water partition coefficient (Wildman–Crippen LogP) is 1.55. The monoisotopic (exact) mass is 307 g/mol. The highest BCUT2D eigenvalue weighted by Crippen LogP contribution is 2.10. The Hall–Kier alpha value is -2.22. The second-order valence-electron chi connectivity index (χ2n) is 4.89. The van der Waals surface area contributed by atoms with Crippen LogP contribution in [0.4, 0.5) is 0 Å². The van der Waals surface area contributed by atoms with Crippen LogP contribution in [0, 0.1) is 0 Å². The Balaban J connectivity index is 2.04. The van der Waals surface area contributed by atoms with Crippen molar-refractivity contribution < 1.29 is 14.1 Å². The van der Waals surface area contributed by atoms with Crippen molar-refractivity contribution >= 4 is 5.91 Å². The number of rotatable bonds is 8. The molecule has 22 heavy (non-hydrogen) atoms. The number of amides is 1. The van der Waals surface area contributed by atoms with E-state index < -0.39 is 0 Å². The highest BCUT2D eigenvalue weighted by molar-refractivity contribution is 5.92. The van der Waals surface area contributed by atoms with E-state index in [4.69, 9.17) is 9.26 Å². The molecule has 0 radical (unpaired) electrons. The second-order valence-corrected chi connectivity index (χ2v) is 4.89. The molecule has 1 amide bonds. The third-order valence-corrected chi connectivity index (χ3v) is 3.15. The van der Waals surface area contributed by atoms with Gasteiger partial charge in [-0.3, -0.25) is 9.89 Å². The number of aromatic amines is 1. The minimum absolute atomic E-state index is 0.160. The Morgan fingerprint density at radius 2 is 2.27 bits per heavy atom. The van der Waals surface area contributed by atoms with Gasteiger partial charge in [0, 0.05) is 19.3 Å². The Bertz CT molecular complexity index is 607. The van der Waals surface area contributed by atoms with E-state index in [-0.39, 0.29) is 19.1 Å². The Morgan fingerprint density at radius 3 is 2.95 bits per heavy atom. The number of hydrogen-bond donors (Lipinski definition) is 1. The number of ether oxygens (including phenoxy) is 1. The number of methoxy groups -OCH3 is 1. The second kappa shape index (κ2) is 7.69. The Morgan fingerprint density at radius 1 is 1.45 bits per heavy atom. The molecule has 8 nitrogen and oxygen atoms in total. The van der Waals surface area contributed by atoms with Crippen LogP contribution in [-0.2, 0) is 24.3 Å². The summed E-state index contributed by atoms with van der Waals surface area (Å²) in [4.78, 5) is 18.2. The molecule has 2 heterocycles. The lowest BCUT2D eigenvalue weighted by Crippen LogP contribution is -2.30. The first kappa shape index (κ1) is 16.2. The van der Waals surface area contributed by atoms with E-state index in [1.807, 2.05) is 6.92 Å². The molecule has 2 aromatic rings. The van der Waals surface area contributed by atoms with Gasteiger partial charge in [0.1, 0.15) is 18.8 Å². The molecule has 1 N–H and O–H groups in total. The number of aromatic nitrogens is 4. The SMILES string of the molecule is CCCc1cc(C(=O)N(CC)Cc2nc(COC)no2)n[nH]1. The fraction of sp³-hybridized carbons (Fsp3) is 0.571. The van der Waals surface area contributed by atoms with E-state index in [0.29, 0.717) is 24.0 Å². The molecule has 0 aliphatic carbocycles. The van der Waals surface area contributed by atoms with Crippen LogP contribution in [0.1, 0.15) is 48.2 Å². The maximum Gasteiger partial charge on any atom is 0.274 e. The first-order chi connectivity index (χ1) is 10.7. The van der Waals surface area contributed by atoms with Gasteiger partial charge in [-0.1, -0.05) is 18.5 Å². The summed E-state index contributed by atoms with van der Waals surface area (Å²) in [6.07, 6.45) is 1.87. The third-order valence-electron chi connectivity index (χ3n) is 3.15. The minimum Gasteiger partial charge on any atom is -0.377 e. The quantitative estimate of drug-likeness (QED) is 0.794. The molecule has 8 heteroatoms. The molecule has 0 bridgehead atoms. The molecule has 120 valence electrons. The molecule has 0 saturated carbocycles. The first-order valence-electron chi connectivity index (χ1n) is 7.31. The first-order valence-corrected chi connectivity index (χ1v) is 7.31. The van der Waals surface area contributed by atoms with Gasteiger partial charge in [0.05, 0.1) is 0 Å². The van der Waals surface area contributed by atoms with Crippen molar-refractivity contribution in [2.75, 3.05) is 13.7 Å². The number of carbonyl (C=O) groups is 1. The van der Waals surface area contributed by atoms with Crippen LogP contribution >= 0.6 is 0 Å². The van der Waals surface area contributed by atoms with Crippen LogP contribution in [0.25, 0.3) is 0 Å². The van der Waals surface area contributed by atoms with E-state index in [1.54, 1.807) is 18.1 Å². The van der Waals surface area contributed by atoms with E-state index in [0.717, 1.165) is 18.5 Å². The molecule has 2 aromatic heterocycles. The topological polar surface area (TPSA) is 97.1 Å². The molecular formula is C14H21N5O3. The normalized spacial score (nSPS) is 10.9. The summed E-state index contributed by atoms with van der Waals surface area (Å²) in [6, 6.07) is 1.79. The highest BCUT2D eigenvalue weighted by atomic mass is 16.5. The zero-order chi connectivity index (χ0) is 15.9. The molecular weight excluding hydrogens is 286 g/mol. The maximum absolute atomic E-state index is 12.5. The van der Waals surface area contributed by atoms with Crippen molar-refractivity contribution in [3.63, 3.8) is 0 Å². The van der Waals surface area contributed by atoms with Crippen molar-refractivity contribution in [2.24, 2.45) is 0 Å². The summed E-state index contributed by atoms with van der Waals surface area (Å²) in [5.41, 5.74) is 1.36. The number of aryl methyl sites for hydroxylation is 1. The number of hydrogen-bond acceptors (Lipinski definition) is 6. The van der Waals surface area contributed by atoms with E-state index >= 15 is 0 Å². The fourth-order valence-electron chi connectivity index (χ4n) is 2.06. The third kappa shape index (κ3) is 3.91. The van der Waals surface area contributed by atoms with Gasteiger partial charge >= 0.3 is 0 Å². The van der Waals surface area contributed by atoms with Crippen molar-refractivity contribution in [1.82, 2.24) is 25.2 Å². The van der Waals surface area contributed by atoms with Crippen LogP contribution in [0.15, 0.2) is 10.6 Å². The molecule has 0 aliphatic heterocycles. The van der Waals surface area contributed by atoms with Crippen LogP contribution in [-0.4, -0.2) is 44.8 Å². The molecule has 0 aliphatic rings. The summed E-state index contributed by atoms with van der Waals surface area (Å²) in [5.74, 6) is 0.685. The number of nitrogens with zero attached hydrogens (tertiary/aromatic N) is 4. The molecule has 0 aromatic carbocycles. The zero-order valence-corrected chi connectivity index (χ0v) is 13.1. The summed E-state index contributed by atoms with van der Waals surface area (Å²) in [5, 5.41) is 10.7. The van der Waals surface area contributed by atoms with E-state index in [1.165, 1.54) is 0 Å². The van der Waals surface area contributed by atoms with Gasteiger partial charge in [0.2, 0.25) is 5.89 Å². The van der Waals surface area contributed by atoms with Gasteiger partial charge in [-0.2, -0.15) is 10.1 Å². The Labute approximate surface area is 128 Å². The standard InChI is InChI=1S/C14H21N5O3/c1-4-6-10-7-11(17-16-10)14(20)19(5-2)8-13-15-12(9-21-3)18-22-13/h7H,4-6,8-9H2,1-3H3,(H,16,17). The average Bonchev–Trinajstić information content (AvgIpc) is 3.14. The van der Waals surface area contributed by atoms with Crippen LogP contribution in [0.3, 0.4) is 0 Å². The highest BCUT2D eigenvalue weighted by Gasteiger charge is 2.20. The van der Waals surface area contributed by atoms with Crippen LogP contribution in [0.5, 0.6) is 0 Å². The number of H-pyrrole nitrogens is 1. The lowest BCUT2D eigenvalue weighted by atomic mass is 10.2. The van der Waals surface area contributed by atoms with Crippen molar-refractivity contribution in [1.29, 1.82) is 0 Å². The number of carbonyl (C=O) groups excluding carboxylic acids is 1. The smallest absolute Gasteiger partial charge is 0.274 e. The fourth-order valence-corrected chi connectivity index (χ4v) is 2.06. The summed E-state index contributed by atoms with van der Waals surface area (Å²) in [6.45, 7) is 5.03. The predicted molar refractivity (Wildman–Crippen MR) is 78.0 cm³/mol. The molecule has 0 fully saturated rings.